The summed E-state index contributed by atoms with van der Waals surface area (Å²) in [7, 11) is -4.19. The van der Waals surface area contributed by atoms with Gasteiger partial charge in [-0.1, -0.05) is 246 Å². The maximum absolute atomic E-state index is 2.83. The maximum atomic E-state index is 2.64. The van der Waals surface area contributed by atoms with Crippen LogP contribution in [-0.2, 0) is 0 Å². The molecule has 2 aliphatic rings. The van der Waals surface area contributed by atoms with Gasteiger partial charge in [-0.3, -0.25) is 0 Å². The molecule has 11 aromatic rings. The van der Waals surface area contributed by atoms with Gasteiger partial charge in [0.15, 0.2) is 16.9 Å². The van der Waals surface area contributed by atoms with E-state index in [9.17, 15) is 0 Å². The summed E-state index contributed by atoms with van der Waals surface area (Å²) in [4.78, 5) is 5.23. The van der Waals surface area contributed by atoms with Crippen LogP contribution in [0.4, 0.5) is 17.1 Å². The van der Waals surface area contributed by atoms with Crippen LogP contribution in [0.15, 0.2) is 265 Å². The highest BCUT2D eigenvalue weighted by Gasteiger charge is 2.53. The van der Waals surface area contributed by atoms with Gasteiger partial charge in [0.05, 0.1) is 11.4 Å². The Morgan fingerprint density at radius 3 is 1.65 bits per heavy atom. The normalized spacial score (nSPS) is 13.5. The molecule has 0 unspecified atom stereocenters. The summed E-state index contributed by atoms with van der Waals surface area (Å²) in [6.45, 7) is 0. The SMILES string of the molecule is c1ccc(-c2ccc(N(c3cccc4ccccc34)c3ccc(-c4ccc5c(c4)[Si]4(c6ccccc6Sc6ccccc64)c4ccccc4[Si]5c4ccccc4)c4ccccc34)cc2)cc1. The zero-order chi connectivity index (χ0) is 43.6. The molecule has 13 rings (SSSR count). The van der Waals surface area contributed by atoms with Crippen LogP contribution >= 0.6 is 11.8 Å². The number of benzene rings is 11. The Hall–Kier alpha value is -7.48. The van der Waals surface area contributed by atoms with E-state index in [1.54, 1.807) is 0 Å². The molecule has 2 aliphatic heterocycles. The first kappa shape index (κ1) is 38.9. The third-order valence-corrected chi connectivity index (χ3v) is 23.7. The number of rotatable bonds is 6. The van der Waals surface area contributed by atoms with Crippen molar-refractivity contribution in [1.82, 2.24) is 0 Å². The molecule has 0 N–H and O–H groups in total. The van der Waals surface area contributed by atoms with Crippen LogP contribution in [-0.4, -0.2) is 16.9 Å². The van der Waals surface area contributed by atoms with Gasteiger partial charge >= 0.3 is 0 Å². The number of hydrogen-bond donors (Lipinski definition) is 0. The molecule has 2 heterocycles. The van der Waals surface area contributed by atoms with Crippen molar-refractivity contribution in [3.63, 3.8) is 0 Å². The minimum atomic E-state index is -2.83. The molecule has 66 heavy (non-hydrogen) atoms. The smallest absolute Gasteiger partial charge is 0.181 e. The third-order valence-electron chi connectivity index (χ3n) is 13.9. The number of fused-ring (bicyclic) bond motifs is 10. The Bertz CT molecular complexity index is 3590. The summed E-state index contributed by atoms with van der Waals surface area (Å²) >= 11 is 1.94. The predicted molar refractivity (Wildman–Crippen MR) is 286 cm³/mol. The van der Waals surface area contributed by atoms with Gasteiger partial charge in [-0.15, -0.1) is 0 Å². The molecular formula is C62H42NSSi2. The number of hydrogen-bond acceptors (Lipinski definition) is 2. The van der Waals surface area contributed by atoms with Crippen molar-refractivity contribution >= 4 is 104 Å². The Balaban J connectivity index is 1.05. The van der Waals surface area contributed by atoms with Gasteiger partial charge in [0.25, 0.3) is 0 Å². The van der Waals surface area contributed by atoms with Gasteiger partial charge in [0.2, 0.25) is 0 Å². The van der Waals surface area contributed by atoms with Gasteiger partial charge < -0.3 is 4.90 Å². The molecule has 309 valence electrons. The van der Waals surface area contributed by atoms with Crippen LogP contribution in [0.5, 0.6) is 0 Å². The lowest BCUT2D eigenvalue weighted by molar-refractivity contribution is 1.31. The number of nitrogens with zero attached hydrogens (tertiary/aromatic N) is 1. The molecule has 0 atom stereocenters. The molecule has 0 fully saturated rings. The van der Waals surface area contributed by atoms with Crippen molar-refractivity contribution in [1.29, 1.82) is 0 Å². The van der Waals surface area contributed by atoms with Crippen LogP contribution in [0, 0.1) is 0 Å². The molecule has 0 saturated carbocycles. The average molecular weight is 889 g/mol. The van der Waals surface area contributed by atoms with E-state index in [0.29, 0.717) is 0 Å². The highest BCUT2D eigenvalue weighted by molar-refractivity contribution is 8.00. The van der Waals surface area contributed by atoms with Crippen molar-refractivity contribution in [2.75, 3.05) is 4.90 Å². The van der Waals surface area contributed by atoms with Crippen LogP contribution in [0.3, 0.4) is 0 Å². The Kier molecular flexibility index (Phi) is 9.38. The standard InChI is InChI=1S/C62H42NSSi2/c1-3-18-43(19-4-1)44-34-37-47(38-35-44)63(53-27-17-21-45-20-7-8-24-50(45)53)54-40-39-49(51-25-9-10-26-52(51)54)46-36-41-58-62(42-46)66(59-31-14-11-28-55(59)64-56-29-12-15-32-60(56)66)61-33-16-13-30-57(61)65(58)48-22-5-2-6-23-48/h1-42H. The second-order valence-electron chi connectivity index (χ2n) is 17.3. The van der Waals surface area contributed by atoms with Gasteiger partial charge in [-0.05, 0) is 90.2 Å². The van der Waals surface area contributed by atoms with Gasteiger partial charge in [-0.2, -0.15) is 0 Å². The maximum Gasteiger partial charge on any atom is 0.181 e. The fourth-order valence-electron chi connectivity index (χ4n) is 11.0. The second-order valence-corrected chi connectivity index (χ2v) is 24.5. The molecule has 1 nitrogen and oxygen atoms in total. The summed E-state index contributed by atoms with van der Waals surface area (Å²) < 4.78 is 0. The Morgan fingerprint density at radius 1 is 0.348 bits per heavy atom. The van der Waals surface area contributed by atoms with E-state index in [4.69, 9.17) is 0 Å². The molecule has 1 radical (unpaired) electrons. The van der Waals surface area contributed by atoms with E-state index in [2.05, 4.69) is 260 Å². The quantitative estimate of drug-likeness (QED) is 0.153. The number of anilines is 3. The average Bonchev–Trinajstić information content (AvgIpc) is 3.39. The summed E-state index contributed by atoms with van der Waals surface area (Å²) in [6, 6.07) is 96.0. The third kappa shape index (κ3) is 6.06. The first-order valence-corrected chi connectivity index (χ1v) is 27.1. The lowest BCUT2D eigenvalue weighted by atomic mass is 9.96. The van der Waals surface area contributed by atoms with E-state index >= 15 is 0 Å². The lowest BCUT2D eigenvalue weighted by Gasteiger charge is -2.46. The fourth-order valence-corrected chi connectivity index (χ4v) is 22.7. The molecule has 11 aromatic carbocycles. The van der Waals surface area contributed by atoms with E-state index in [0.717, 1.165) is 17.1 Å². The van der Waals surface area contributed by atoms with Crippen LogP contribution < -0.4 is 41.2 Å². The minimum Gasteiger partial charge on any atom is -0.309 e. The van der Waals surface area contributed by atoms with Gasteiger partial charge in [-0.25, -0.2) is 0 Å². The second kappa shape index (κ2) is 15.9. The highest BCUT2D eigenvalue weighted by Crippen LogP contribution is 2.45. The summed E-state index contributed by atoms with van der Waals surface area (Å²) in [5.74, 6) is 0. The minimum absolute atomic E-state index is 1.12. The van der Waals surface area contributed by atoms with Gasteiger partial charge in [0, 0.05) is 26.3 Å². The molecule has 0 aliphatic carbocycles. The van der Waals surface area contributed by atoms with Crippen molar-refractivity contribution < 1.29 is 0 Å². The molecule has 0 amide bonds. The summed E-state index contributed by atoms with van der Waals surface area (Å²) in [5.41, 5.74) is 8.34. The molecule has 0 bridgehead atoms. The van der Waals surface area contributed by atoms with Crippen molar-refractivity contribution in [2.45, 2.75) is 9.79 Å². The van der Waals surface area contributed by atoms with Crippen LogP contribution in [0.2, 0.25) is 0 Å². The zero-order valence-corrected chi connectivity index (χ0v) is 38.9. The van der Waals surface area contributed by atoms with Gasteiger partial charge in [0.1, 0.15) is 0 Å². The highest BCUT2D eigenvalue weighted by atomic mass is 32.2. The fraction of sp³-hybridized carbons (Fsp3) is 0. The van der Waals surface area contributed by atoms with E-state index in [1.807, 2.05) is 11.8 Å². The molecule has 1 spiro atoms. The van der Waals surface area contributed by atoms with Crippen LogP contribution in [0.25, 0.3) is 43.8 Å². The first-order valence-electron chi connectivity index (χ1n) is 22.8. The molecule has 0 aromatic heterocycles. The van der Waals surface area contributed by atoms with Crippen molar-refractivity contribution in [3.8, 4) is 22.3 Å². The van der Waals surface area contributed by atoms with E-state index < -0.39 is 16.9 Å². The molecule has 4 heteroatoms. The first-order chi connectivity index (χ1) is 32.8. The summed E-state index contributed by atoms with van der Waals surface area (Å²) in [6.07, 6.45) is 0. The van der Waals surface area contributed by atoms with Crippen LogP contribution in [0.1, 0.15) is 0 Å². The molecular weight excluding hydrogens is 847 g/mol. The largest absolute Gasteiger partial charge is 0.309 e. The summed E-state index contributed by atoms with van der Waals surface area (Å²) in [5, 5.41) is 15.4. The monoisotopic (exact) mass is 888 g/mol. The van der Waals surface area contributed by atoms with E-state index in [1.165, 1.54) is 89.9 Å². The Labute approximate surface area is 392 Å². The van der Waals surface area contributed by atoms with E-state index in [-0.39, 0.29) is 0 Å². The zero-order valence-electron chi connectivity index (χ0n) is 36.1. The Morgan fingerprint density at radius 2 is 0.894 bits per heavy atom. The topological polar surface area (TPSA) is 3.24 Å². The predicted octanol–water partition coefficient (Wildman–Crippen LogP) is 11.5. The molecule has 0 saturated heterocycles. The lowest BCUT2D eigenvalue weighted by Crippen LogP contribution is -2.87. The van der Waals surface area contributed by atoms with Crippen molar-refractivity contribution in [2.24, 2.45) is 0 Å². The van der Waals surface area contributed by atoms with Crippen molar-refractivity contribution in [3.05, 3.63) is 255 Å².